The van der Waals surface area contributed by atoms with E-state index in [1.54, 1.807) is 24.3 Å². The van der Waals surface area contributed by atoms with Crippen LogP contribution in [0.15, 0.2) is 30.5 Å². The van der Waals surface area contributed by atoms with Crippen molar-refractivity contribution in [3.8, 4) is 11.8 Å². The minimum atomic E-state index is -4.58. The number of hydrogen-bond acceptors (Lipinski definition) is 5. The summed E-state index contributed by atoms with van der Waals surface area (Å²) in [5, 5.41) is 0. The summed E-state index contributed by atoms with van der Waals surface area (Å²) in [5.74, 6) is 0.329. The van der Waals surface area contributed by atoms with Crippen LogP contribution in [-0.4, -0.2) is 30.2 Å². The van der Waals surface area contributed by atoms with Crippen molar-refractivity contribution < 1.29 is 22.6 Å². The second kappa shape index (κ2) is 10.9. The quantitative estimate of drug-likeness (QED) is 0.424. The van der Waals surface area contributed by atoms with Crippen LogP contribution in [-0.2, 0) is 6.18 Å². The highest BCUT2D eigenvalue weighted by molar-refractivity contribution is 5.64. The number of anilines is 2. The van der Waals surface area contributed by atoms with Crippen LogP contribution in [0.25, 0.3) is 0 Å². The van der Waals surface area contributed by atoms with Crippen LogP contribution >= 0.6 is 0 Å². The van der Waals surface area contributed by atoms with E-state index in [2.05, 4.69) is 16.9 Å². The second-order valence-corrected chi connectivity index (χ2v) is 6.70. The predicted octanol–water partition coefficient (Wildman–Crippen LogP) is 6.01. The van der Waals surface area contributed by atoms with Crippen molar-refractivity contribution in [3.63, 3.8) is 0 Å². The van der Waals surface area contributed by atoms with Crippen LogP contribution in [0.5, 0.6) is 11.8 Å². The van der Waals surface area contributed by atoms with E-state index >= 15 is 0 Å². The van der Waals surface area contributed by atoms with Crippen LogP contribution in [0.4, 0.5) is 24.7 Å². The molecule has 0 spiro atoms. The normalized spacial score (nSPS) is 11.4. The second-order valence-electron chi connectivity index (χ2n) is 6.70. The standard InChI is InChI=1S/C21H28F3N3O2/c1-4-6-7-8-13-29-20-25-15-18(21(22,23)24)19(26-20)27(3)16-10-9-11-17(14-16)28-12-5-2/h9-11,14-15H,4-8,12-13H2,1-3H3. The molecule has 0 atom stereocenters. The van der Waals surface area contributed by atoms with Gasteiger partial charge in [-0.3, -0.25) is 0 Å². The molecule has 0 radical (unpaired) electrons. The summed E-state index contributed by atoms with van der Waals surface area (Å²) in [7, 11) is 1.53. The molecule has 29 heavy (non-hydrogen) atoms. The van der Waals surface area contributed by atoms with Crippen LogP contribution in [0.1, 0.15) is 51.5 Å². The molecular formula is C21H28F3N3O2. The molecule has 8 heteroatoms. The predicted molar refractivity (Wildman–Crippen MR) is 107 cm³/mol. The van der Waals surface area contributed by atoms with E-state index in [1.807, 2.05) is 6.92 Å². The molecule has 0 aliphatic heterocycles. The van der Waals surface area contributed by atoms with Gasteiger partial charge >= 0.3 is 12.2 Å². The summed E-state index contributed by atoms with van der Waals surface area (Å²) in [5.41, 5.74) is -0.394. The van der Waals surface area contributed by atoms with Crippen molar-refractivity contribution in [1.29, 1.82) is 0 Å². The Bertz CT molecular complexity index is 769. The summed E-state index contributed by atoms with van der Waals surface area (Å²) in [6.45, 7) is 4.99. The first kappa shape index (κ1) is 22.8. The first-order valence-electron chi connectivity index (χ1n) is 9.90. The highest BCUT2D eigenvalue weighted by Gasteiger charge is 2.36. The summed E-state index contributed by atoms with van der Waals surface area (Å²) in [6, 6.07) is 6.82. The maximum absolute atomic E-state index is 13.5. The van der Waals surface area contributed by atoms with Gasteiger partial charge in [-0.05, 0) is 25.0 Å². The minimum absolute atomic E-state index is 0.0604. The number of alkyl halides is 3. The van der Waals surface area contributed by atoms with Crippen LogP contribution in [0.3, 0.4) is 0 Å². The molecule has 5 nitrogen and oxygen atoms in total. The zero-order chi connectivity index (χ0) is 21.3. The highest BCUT2D eigenvalue weighted by atomic mass is 19.4. The minimum Gasteiger partial charge on any atom is -0.494 e. The van der Waals surface area contributed by atoms with E-state index in [0.29, 0.717) is 24.7 Å². The Hall–Kier alpha value is -2.51. The summed E-state index contributed by atoms with van der Waals surface area (Å²) in [4.78, 5) is 9.18. The third-order valence-corrected chi connectivity index (χ3v) is 4.28. The topological polar surface area (TPSA) is 47.5 Å². The Kier molecular flexibility index (Phi) is 8.54. The van der Waals surface area contributed by atoms with E-state index in [-0.39, 0.29) is 11.8 Å². The molecule has 0 saturated carbocycles. The van der Waals surface area contributed by atoms with Crippen molar-refractivity contribution in [1.82, 2.24) is 9.97 Å². The number of benzene rings is 1. The first-order chi connectivity index (χ1) is 13.9. The fourth-order valence-electron chi connectivity index (χ4n) is 2.70. The Labute approximate surface area is 169 Å². The molecule has 0 bridgehead atoms. The molecule has 2 aromatic rings. The van der Waals surface area contributed by atoms with Gasteiger partial charge in [0.25, 0.3) is 0 Å². The zero-order valence-corrected chi connectivity index (χ0v) is 17.1. The van der Waals surface area contributed by atoms with Gasteiger partial charge in [-0.15, -0.1) is 0 Å². The molecule has 0 unspecified atom stereocenters. The van der Waals surface area contributed by atoms with Crippen LogP contribution in [0.2, 0.25) is 0 Å². The Morgan fingerprint density at radius 1 is 1.00 bits per heavy atom. The van der Waals surface area contributed by atoms with Gasteiger partial charge in [0.2, 0.25) is 0 Å². The van der Waals surface area contributed by atoms with Gasteiger partial charge < -0.3 is 14.4 Å². The average Bonchev–Trinajstić information content (AvgIpc) is 2.71. The molecule has 0 fully saturated rings. The third kappa shape index (κ3) is 6.80. The van der Waals surface area contributed by atoms with E-state index in [1.165, 1.54) is 11.9 Å². The SMILES string of the molecule is CCCCCCOc1ncc(C(F)(F)F)c(N(C)c2cccc(OCCC)c2)n1. The Morgan fingerprint density at radius 3 is 2.48 bits per heavy atom. The first-order valence-corrected chi connectivity index (χ1v) is 9.90. The van der Waals surface area contributed by atoms with Crippen LogP contribution < -0.4 is 14.4 Å². The smallest absolute Gasteiger partial charge is 0.421 e. The number of nitrogens with zero attached hydrogens (tertiary/aromatic N) is 3. The third-order valence-electron chi connectivity index (χ3n) is 4.28. The van der Waals surface area contributed by atoms with Crippen LogP contribution in [0, 0.1) is 0 Å². The molecule has 1 aromatic heterocycles. The number of aromatic nitrogens is 2. The maximum Gasteiger partial charge on any atom is 0.421 e. The summed E-state index contributed by atoms with van der Waals surface area (Å²) in [6.07, 6.45) is 1.00. The Balaban J connectivity index is 2.26. The van der Waals surface area contributed by atoms with E-state index in [0.717, 1.165) is 38.3 Å². The monoisotopic (exact) mass is 411 g/mol. The van der Waals surface area contributed by atoms with E-state index in [9.17, 15) is 13.2 Å². The van der Waals surface area contributed by atoms with Gasteiger partial charge in [0.05, 0.1) is 13.2 Å². The number of rotatable bonds is 11. The summed E-state index contributed by atoms with van der Waals surface area (Å²) >= 11 is 0. The largest absolute Gasteiger partial charge is 0.494 e. The highest BCUT2D eigenvalue weighted by Crippen LogP contribution is 2.38. The fraction of sp³-hybridized carbons (Fsp3) is 0.524. The van der Waals surface area contributed by atoms with Crippen molar-refractivity contribution in [3.05, 3.63) is 36.0 Å². The molecular weight excluding hydrogens is 383 g/mol. The molecule has 1 heterocycles. The molecule has 0 N–H and O–H groups in total. The fourth-order valence-corrected chi connectivity index (χ4v) is 2.70. The lowest BCUT2D eigenvalue weighted by Gasteiger charge is -2.23. The van der Waals surface area contributed by atoms with Crippen molar-refractivity contribution in [2.45, 2.75) is 52.1 Å². The van der Waals surface area contributed by atoms with Gasteiger partial charge in [-0.2, -0.15) is 18.2 Å². The lowest BCUT2D eigenvalue weighted by Crippen LogP contribution is -2.19. The van der Waals surface area contributed by atoms with Gasteiger partial charge in [-0.25, -0.2) is 4.98 Å². The van der Waals surface area contributed by atoms with Gasteiger partial charge in [0.15, 0.2) is 5.82 Å². The molecule has 1 aromatic carbocycles. The Morgan fingerprint density at radius 2 is 1.79 bits per heavy atom. The van der Waals surface area contributed by atoms with Crippen molar-refractivity contribution in [2.75, 3.05) is 25.2 Å². The van der Waals surface area contributed by atoms with Crippen molar-refractivity contribution in [2.24, 2.45) is 0 Å². The molecule has 0 aliphatic rings. The number of unbranched alkanes of at least 4 members (excludes halogenated alkanes) is 3. The molecule has 2 rings (SSSR count). The van der Waals surface area contributed by atoms with E-state index in [4.69, 9.17) is 9.47 Å². The maximum atomic E-state index is 13.5. The zero-order valence-electron chi connectivity index (χ0n) is 17.1. The molecule has 0 amide bonds. The lowest BCUT2D eigenvalue weighted by molar-refractivity contribution is -0.137. The van der Waals surface area contributed by atoms with Gasteiger partial charge in [-0.1, -0.05) is 39.2 Å². The van der Waals surface area contributed by atoms with Crippen molar-refractivity contribution >= 4 is 11.5 Å². The molecule has 0 aliphatic carbocycles. The molecule has 0 saturated heterocycles. The van der Waals surface area contributed by atoms with Gasteiger partial charge in [0, 0.05) is 25.0 Å². The number of ether oxygens (including phenoxy) is 2. The van der Waals surface area contributed by atoms with E-state index < -0.39 is 11.7 Å². The number of hydrogen-bond donors (Lipinski definition) is 0. The number of halogens is 3. The molecule has 160 valence electrons. The summed E-state index contributed by atoms with van der Waals surface area (Å²) < 4.78 is 51.6. The average molecular weight is 411 g/mol. The lowest BCUT2D eigenvalue weighted by atomic mass is 10.2. The van der Waals surface area contributed by atoms with Gasteiger partial charge in [0.1, 0.15) is 11.3 Å².